The van der Waals surface area contributed by atoms with Gasteiger partial charge in [-0.05, 0) is 37.5 Å². The van der Waals surface area contributed by atoms with E-state index in [2.05, 4.69) is 5.32 Å². The summed E-state index contributed by atoms with van der Waals surface area (Å²) >= 11 is 0. The number of nitrogens with one attached hydrogen (secondary N) is 1. The number of benzene rings is 1. The number of hydrogen-bond acceptors (Lipinski definition) is 6. The summed E-state index contributed by atoms with van der Waals surface area (Å²) in [4.78, 5) is 37.7. The number of fused-ring (bicyclic) bond motifs is 1. The molecule has 1 atom stereocenters. The Morgan fingerprint density at radius 3 is 2.89 bits per heavy atom. The zero-order valence-electron chi connectivity index (χ0n) is 15.4. The first-order valence-corrected chi connectivity index (χ1v) is 9.16. The van der Waals surface area contributed by atoms with E-state index in [0.717, 1.165) is 24.8 Å². The van der Waals surface area contributed by atoms with Gasteiger partial charge < -0.3 is 24.4 Å². The van der Waals surface area contributed by atoms with Crippen molar-refractivity contribution in [3.8, 4) is 11.5 Å². The van der Waals surface area contributed by atoms with Crippen LogP contribution in [0, 0.1) is 0 Å². The van der Waals surface area contributed by atoms with Crippen LogP contribution in [0.4, 0.5) is 0 Å². The summed E-state index contributed by atoms with van der Waals surface area (Å²) in [5.41, 5.74) is 0.848. The molecule has 1 aromatic carbocycles. The van der Waals surface area contributed by atoms with Gasteiger partial charge in [-0.3, -0.25) is 14.4 Å². The third-order valence-corrected chi connectivity index (χ3v) is 4.57. The predicted octanol–water partition coefficient (Wildman–Crippen LogP) is 1.37. The summed E-state index contributed by atoms with van der Waals surface area (Å²) in [6.07, 6.45) is 2.23. The third kappa shape index (κ3) is 5.12. The molecule has 1 aromatic rings. The second-order valence-electron chi connectivity index (χ2n) is 6.66. The topological polar surface area (TPSA) is 94.2 Å². The van der Waals surface area contributed by atoms with Gasteiger partial charge in [0.05, 0.1) is 0 Å². The van der Waals surface area contributed by atoms with Crippen molar-refractivity contribution < 1.29 is 28.6 Å². The Labute approximate surface area is 157 Å². The largest absolute Gasteiger partial charge is 0.454 e. The van der Waals surface area contributed by atoms with E-state index in [0.29, 0.717) is 24.5 Å². The van der Waals surface area contributed by atoms with Crippen LogP contribution in [0.1, 0.15) is 38.2 Å². The van der Waals surface area contributed by atoms with E-state index >= 15 is 0 Å². The smallest absolute Gasteiger partial charge is 0.326 e. The van der Waals surface area contributed by atoms with Gasteiger partial charge in [0.2, 0.25) is 12.7 Å². The fourth-order valence-corrected chi connectivity index (χ4v) is 3.03. The standard InChI is InChI=1S/C19H24N2O6/c1-13(27-18(23)11-21-8-4-2-3-5-17(21)22)19(24)20-10-14-6-7-15-16(9-14)26-12-25-15/h6-7,9,13H,2-5,8,10-12H2,1H3,(H,20,24)/t13-/m0/s1. The van der Waals surface area contributed by atoms with Crippen molar-refractivity contribution in [2.75, 3.05) is 19.9 Å². The van der Waals surface area contributed by atoms with Gasteiger partial charge in [0, 0.05) is 19.5 Å². The SMILES string of the molecule is C[C@H](OC(=O)CN1CCCCCC1=O)C(=O)NCc1ccc2c(c1)OCO2. The predicted molar refractivity (Wildman–Crippen MR) is 95.0 cm³/mol. The van der Waals surface area contributed by atoms with Crippen molar-refractivity contribution in [1.29, 1.82) is 0 Å². The van der Waals surface area contributed by atoms with Crippen LogP contribution >= 0.6 is 0 Å². The van der Waals surface area contributed by atoms with Gasteiger partial charge in [-0.25, -0.2) is 0 Å². The summed E-state index contributed by atoms with van der Waals surface area (Å²) in [5, 5.41) is 2.72. The Morgan fingerprint density at radius 1 is 1.22 bits per heavy atom. The van der Waals surface area contributed by atoms with Crippen LogP contribution < -0.4 is 14.8 Å². The van der Waals surface area contributed by atoms with Crippen molar-refractivity contribution in [3.63, 3.8) is 0 Å². The fourth-order valence-electron chi connectivity index (χ4n) is 3.03. The minimum atomic E-state index is -0.936. The normalized spacial score (nSPS) is 17.2. The Bertz CT molecular complexity index is 720. The lowest BCUT2D eigenvalue weighted by Gasteiger charge is -2.20. The van der Waals surface area contributed by atoms with Gasteiger partial charge in [-0.2, -0.15) is 0 Å². The number of carbonyl (C=O) groups is 3. The number of carbonyl (C=O) groups excluding carboxylic acids is 3. The average Bonchev–Trinajstić information content (AvgIpc) is 3.03. The molecule has 1 saturated heterocycles. The summed E-state index contributed by atoms with van der Waals surface area (Å²) in [6, 6.07) is 5.41. The number of esters is 1. The van der Waals surface area contributed by atoms with Crippen LogP contribution in [0.25, 0.3) is 0 Å². The van der Waals surface area contributed by atoms with E-state index in [-0.39, 0.29) is 25.8 Å². The van der Waals surface area contributed by atoms with Gasteiger partial charge in [-0.1, -0.05) is 12.5 Å². The molecule has 0 aliphatic carbocycles. The number of amides is 2. The molecule has 8 heteroatoms. The molecule has 0 bridgehead atoms. The Morgan fingerprint density at radius 2 is 2.04 bits per heavy atom. The first-order chi connectivity index (χ1) is 13.0. The zero-order chi connectivity index (χ0) is 19.2. The highest BCUT2D eigenvalue weighted by molar-refractivity contribution is 5.86. The van der Waals surface area contributed by atoms with Crippen LogP contribution in [0.15, 0.2) is 18.2 Å². The fraction of sp³-hybridized carbons (Fsp3) is 0.526. The maximum Gasteiger partial charge on any atom is 0.326 e. The first-order valence-electron chi connectivity index (χ1n) is 9.16. The van der Waals surface area contributed by atoms with Gasteiger partial charge >= 0.3 is 5.97 Å². The van der Waals surface area contributed by atoms with Crippen LogP contribution in [0.5, 0.6) is 11.5 Å². The molecule has 0 spiro atoms. The van der Waals surface area contributed by atoms with E-state index in [1.165, 1.54) is 11.8 Å². The van der Waals surface area contributed by atoms with Crippen LogP contribution in [0.3, 0.4) is 0 Å². The highest BCUT2D eigenvalue weighted by atomic mass is 16.7. The third-order valence-electron chi connectivity index (χ3n) is 4.57. The molecule has 0 saturated carbocycles. The van der Waals surface area contributed by atoms with Crippen molar-refractivity contribution in [1.82, 2.24) is 10.2 Å². The molecule has 146 valence electrons. The molecule has 27 heavy (non-hydrogen) atoms. The zero-order valence-corrected chi connectivity index (χ0v) is 15.4. The van der Waals surface area contributed by atoms with Gasteiger partial charge in [0.25, 0.3) is 5.91 Å². The lowest BCUT2D eigenvalue weighted by Crippen LogP contribution is -2.40. The number of hydrogen-bond donors (Lipinski definition) is 1. The second-order valence-corrected chi connectivity index (χ2v) is 6.66. The molecule has 3 rings (SSSR count). The van der Waals surface area contributed by atoms with E-state index in [4.69, 9.17) is 14.2 Å². The molecular weight excluding hydrogens is 352 g/mol. The van der Waals surface area contributed by atoms with E-state index in [9.17, 15) is 14.4 Å². The Balaban J connectivity index is 1.44. The average molecular weight is 376 g/mol. The molecule has 0 aromatic heterocycles. The lowest BCUT2D eigenvalue weighted by molar-refractivity contribution is -0.157. The Hall–Kier alpha value is -2.77. The maximum atomic E-state index is 12.2. The number of nitrogens with zero attached hydrogens (tertiary/aromatic N) is 1. The molecule has 1 fully saturated rings. The summed E-state index contributed by atoms with van der Waals surface area (Å²) in [6.45, 7) is 2.42. The molecular formula is C19H24N2O6. The summed E-state index contributed by atoms with van der Waals surface area (Å²) in [7, 11) is 0. The molecule has 0 radical (unpaired) electrons. The highest BCUT2D eigenvalue weighted by Crippen LogP contribution is 2.32. The minimum Gasteiger partial charge on any atom is -0.454 e. The van der Waals surface area contributed by atoms with Crippen molar-refractivity contribution >= 4 is 17.8 Å². The lowest BCUT2D eigenvalue weighted by atomic mass is 10.2. The van der Waals surface area contributed by atoms with Gasteiger partial charge in [0.15, 0.2) is 17.6 Å². The summed E-state index contributed by atoms with van der Waals surface area (Å²) < 4.78 is 15.7. The molecule has 0 unspecified atom stereocenters. The number of ether oxygens (including phenoxy) is 3. The summed E-state index contributed by atoms with van der Waals surface area (Å²) in [5.74, 6) is 0.308. The van der Waals surface area contributed by atoms with Crippen LogP contribution in [-0.4, -0.2) is 48.7 Å². The van der Waals surface area contributed by atoms with E-state index in [1.807, 2.05) is 6.07 Å². The van der Waals surface area contributed by atoms with E-state index in [1.54, 1.807) is 12.1 Å². The van der Waals surface area contributed by atoms with E-state index < -0.39 is 18.0 Å². The molecule has 1 N–H and O–H groups in total. The minimum absolute atomic E-state index is 0.0376. The number of rotatable bonds is 6. The maximum absolute atomic E-state index is 12.2. The number of likely N-dealkylation sites (tertiary alicyclic amines) is 1. The van der Waals surface area contributed by atoms with Gasteiger partial charge in [0.1, 0.15) is 6.54 Å². The molecule has 8 nitrogen and oxygen atoms in total. The molecule has 2 aliphatic heterocycles. The van der Waals surface area contributed by atoms with Crippen LogP contribution in [0.2, 0.25) is 0 Å². The van der Waals surface area contributed by atoms with Crippen LogP contribution in [-0.2, 0) is 25.7 Å². The molecule has 2 aliphatic rings. The second kappa shape index (κ2) is 8.75. The molecule has 2 amide bonds. The van der Waals surface area contributed by atoms with Gasteiger partial charge in [-0.15, -0.1) is 0 Å². The highest BCUT2D eigenvalue weighted by Gasteiger charge is 2.23. The first kappa shape index (κ1) is 19.0. The van der Waals surface area contributed by atoms with Crippen molar-refractivity contribution in [2.24, 2.45) is 0 Å². The van der Waals surface area contributed by atoms with Crippen molar-refractivity contribution in [3.05, 3.63) is 23.8 Å². The Kier molecular flexibility index (Phi) is 6.16. The quantitative estimate of drug-likeness (QED) is 0.754. The monoisotopic (exact) mass is 376 g/mol. The van der Waals surface area contributed by atoms with Crippen molar-refractivity contribution in [2.45, 2.75) is 45.3 Å². The molecule has 2 heterocycles.